The van der Waals surface area contributed by atoms with Gasteiger partial charge in [0.15, 0.2) is 0 Å². The van der Waals surface area contributed by atoms with Gasteiger partial charge in [-0.2, -0.15) is 0 Å². The Labute approximate surface area is 54.5 Å². The Morgan fingerprint density at radius 1 is 0.900 bits per heavy atom. The summed E-state index contributed by atoms with van der Waals surface area (Å²) in [5.74, 6) is 0. The molecule has 0 spiro atoms. The highest BCUT2D eigenvalue weighted by Crippen LogP contribution is 1.80. The molecular weight excluding hydrogens is 132 g/mol. The van der Waals surface area contributed by atoms with Crippen LogP contribution >= 0.6 is 0 Å². The first-order valence-electron chi connectivity index (χ1n) is 2.55. The van der Waals surface area contributed by atoms with Crippen LogP contribution in [0.4, 0.5) is 0 Å². The maximum Gasteiger partial charge on any atom is 0.280 e. The molecule has 2 aliphatic heterocycles. The quantitative estimate of drug-likeness (QED) is 0.433. The van der Waals surface area contributed by atoms with Crippen molar-refractivity contribution in [3.8, 4) is 0 Å². The van der Waals surface area contributed by atoms with Gasteiger partial charge in [-0.3, -0.25) is 9.59 Å². The van der Waals surface area contributed by atoms with Gasteiger partial charge in [0.05, 0.1) is 10.4 Å². The Bertz CT molecular complexity index is 448. The van der Waals surface area contributed by atoms with Gasteiger partial charge in [0.25, 0.3) is 11.1 Å². The van der Waals surface area contributed by atoms with E-state index in [1.54, 1.807) is 0 Å². The van der Waals surface area contributed by atoms with Crippen molar-refractivity contribution in [3.05, 3.63) is 43.5 Å². The van der Waals surface area contributed by atoms with Gasteiger partial charge in [-0.25, -0.2) is 9.97 Å². The first kappa shape index (κ1) is 5.22. The highest BCUT2D eigenvalue weighted by atomic mass is 16.1. The van der Waals surface area contributed by atoms with Crippen molar-refractivity contribution >= 4 is 0 Å². The average Bonchev–Trinajstić information content (AvgIpc) is 2.41. The minimum atomic E-state index is -0.482. The molecule has 10 heavy (non-hydrogen) atoms. The van der Waals surface area contributed by atoms with Crippen LogP contribution in [0.25, 0.3) is 0 Å². The third-order valence-corrected chi connectivity index (χ3v) is 1.22. The molecule has 0 fully saturated rings. The summed E-state index contributed by atoms with van der Waals surface area (Å²) in [5.41, 5.74) is -0.964. The lowest BCUT2D eigenvalue weighted by molar-refractivity contribution is 1.21. The van der Waals surface area contributed by atoms with Crippen LogP contribution in [0.2, 0.25) is 0 Å². The Balaban J connectivity index is 3.37. The Morgan fingerprint density at radius 2 is 1.30 bits per heavy atom. The van der Waals surface area contributed by atoms with Crippen LogP contribution in [0.1, 0.15) is 0 Å². The molecule has 0 saturated carbocycles. The van der Waals surface area contributed by atoms with Gasteiger partial charge >= 0.3 is 0 Å². The van der Waals surface area contributed by atoms with E-state index < -0.39 is 11.1 Å². The van der Waals surface area contributed by atoms with Crippen molar-refractivity contribution in [1.82, 2.24) is 9.97 Å². The molecule has 0 atom stereocenters. The fourth-order valence-electron chi connectivity index (χ4n) is 0.746. The Hall–Kier alpha value is -1.58. The zero-order valence-electron chi connectivity index (χ0n) is 4.71. The van der Waals surface area contributed by atoms with Crippen molar-refractivity contribution < 1.29 is 0 Å². The molecule has 2 rings (SSSR count). The molecule has 4 heteroatoms. The van der Waals surface area contributed by atoms with Crippen LogP contribution in [0, 0.1) is 22.8 Å². The zero-order valence-corrected chi connectivity index (χ0v) is 4.71. The van der Waals surface area contributed by atoms with Crippen molar-refractivity contribution in [2.45, 2.75) is 0 Å². The molecule has 0 N–H and O–H groups in total. The smallest absolute Gasteiger partial charge is 0.267 e. The summed E-state index contributed by atoms with van der Waals surface area (Å²) in [4.78, 5) is 27.8. The normalized spacial score (nSPS) is 10.8. The van der Waals surface area contributed by atoms with Crippen LogP contribution in [0.15, 0.2) is 9.59 Å². The lowest BCUT2D eigenvalue weighted by Gasteiger charge is -1.56. The van der Waals surface area contributed by atoms with Gasteiger partial charge in [0.1, 0.15) is 12.4 Å². The van der Waals surface area contributed by atoms with E-state index in [2.05, 4.69) is 22.4 Å². The van der Waals surface area contributed by atoms with Crippen molar-refractivity contribution in [1.29, 1.82) is 0 Å². The second-order valence-electron chi connectivity index (χ2n) is 1.81. The molecule has 0 aromatic rings. The largest absolute Gasteiger partial charge is 0.280 e. The Morgan fingerprint density at radius 3 is 1.70 bits per heavy atom. The molecule has 2 radical (unpaired) electrons. The van der Waals surface area contributed by atoms with Gasteiger partial charge in [-0.05, 0) is 0 Å². The number of aromatic nitrogens is 2. The van der Waals surface area contributed by atoms with Gasteiger partial charge in [0, 0.05) is 0 Å². The minimum absolute atomic E-state index is 0.144. The maximum atomic E-state index is 10.6. The molecule has 0 aromatic carbocycles. The molecule has 2 heterocycles. The zero-order chi connectivity index (χ0) is 7.14. The molecule has 4 nitrogen and oxygen atoms in total. The molecule has 0 unspecified atom stereocenters. The highest BCUT2D eigenvalue weighted by Gasteiger charge is 2.02. The van der Waals surface area contributed by atoms with Gasteiger partial charge in [-0.15, -0.1) is 0 Å². The van der Waals surface area contributed by atoms with E-state index in [1.165, 1.54) is 0 Å². The lowest BCUT2D eigenvalue weighted by atomic mass is 10.4. The van der Waals surface area contributed by atoms with E-state index in [4.69, 9.17) is 0 Å². The summed E-state index contributed by atoms with van der Waals surface area (Å²) < 4.78 is 0. The molecule has 0 aromatic heterocycles. The topological polar surface area (TPSA) is 59.9 Å². The second kappa shape index (κ2) is 1.47. The summed E-state index contributed by atoms with van der Waals surface area (Å²) in [6.07, 6.45) is 4.53. The minimum Gasteiger partial charge on any atom is -0.267 e. The fourth-order valence-corrected chi connectivity index (χ4v) is 0.746. The first-order valence-corrected chi connectivity index (χ1v) is 2.55. The number of rotatable bonds is 0. The van der Waals surface area contributed by atoms with Crippen molar-refractivity contribution in [2.24, 2.45) is 0 Å². The summed E-state index contributed by atoms with van der Waals surface area (Å²) in [6, 6.07) is 0. The summed E-state index contributed by atoms with van der Waals surface area (Å²) in [5, 5.41) is 0.287. The number of hydrogen-bond acceptors (Lipinski definition) is 4. The molecule has 0 amide bonds. The van der Waals surface area contributed by atoms with Crippen LogP contribution in [-0.4, -0.2) is 9.97 Å². The van der Waals surface area contributed by atoms with Crippen molar-refractivity contribution in [2.75, 3.05) is 0 Å². The van der Waals surface area contributed by atoms with Gasteiger partial charge in [-0.1, -0.05) is 0 Å². The molecule has 46 valence electrons. The predicted molar refractivity (Wildman–Crippen MR) is 29.9 cm³/mol. The van der Waals surface area contributed by atoms with Crippen molar-refractivity contribution in [3.63, 3.8) is 0 Å². The number of hydrogen-bond donors (Lipinski definition) is 0. The molecule has 0 bridgehead atoms. The lowest BCUT2D eigenvalue weighted by Crippen LogP contribution is -1.98. The first-order chi connectivity index (χ1) is 4.79. The summed E-state index contributed by atoms with van der Waals surface area (Å²) >= 11 is 0. The monoisotopic (exact) mass is 132 g/mol. The highest BCUT2D eigenvalue weighted by molar-refractivity contribution is 5.04. The molecular formula is C6N2O2. The standard InChI is InChI=1S/C6N2O2/c9-5-3-1-7-6(10)4(3)2-8-5. The molecule has 2 aliphatic rings. The summed E-state index contributed by atoms with van der Waals surface area (Å²) in [7, 11) is 0. The molecule has 0 saturated heterocycles. The van der Waals surface area contributed by atoms with Gasteiger partial charge < -0.3 is 0 Å². The third-order valence-electron chi connectivity index (χ3n) is 1.22. The maximum absolute atomic E-state index is 10.6. The van der Waals surface area contributed by atoms with Crippen LogP contribution in [0.3, 0.4) is 0 Å². The van der Waals surface area contributed by atoms with Gasteiger partial charge in [0.2, 0.25) is 0 Å². The number of nitrogens with zero attached hydrogens (tertiary/aromatic N) is 2. The van der Waals surface area contributed by atoms with E-state index in [-0.39, 0.29) is 10.4 Å². The average molecular weight is 132 g/mol. The van der Waals surface area contributed by atoms with E-state index in [1.807, 2.05) is 0 Å². The molecule has 0 aliphatic carbocycles. The third kappa shape index (κ3) is 0.452. The van der Waals surface area contributed by atoms with Crippen LogP contribution < -0.4 is 11.1 Å². The van der Waals surface area contributed by atoms with E-state index in [9.17, 15) is 9.59 Å². The van der Waals surface area contributed by atoms with Crippen LogP contribution in [0.5, 0.6) is 0 Å². The summed E-state index contributed by atoms with van der Waals surface area (Å²) in [6.45, 7) is 0. The van der Waals surface area contributed by atoms with Crippen LogP contribution in [-0.2, 0) is 0 Å². The predicted octanol–water partition coefficient (Wildman–Crippen LogP) is -1.60. The SMILES string of the molecule is O=c1n[c]c2c(=O)n[c]c1=2. The van der Waals surface area contributed by atoms with E-state index in [0.29, 0.717) is 0 Å². The van der Waals surface area contributed by atoms with E-state index >= 15 is 0 Å². The van der Waals surface area contributed by atoms with E-state index in [0.717, 1.165) is 0 Å². The second-order valence-corrected chi connectivity index (χ2v) is 1.81. The fraction of sp³-hybridized carbons (Fsp3) is 0. The Kier molecular flexibility index (Phi) is 0.768.